The van der Waals surface area contributed by atoms with Crippen LogP contribution in [-0.2, 0) is 16.0 Å². The summed E-state index contributed by atoms with van der Waals surface area (Å²) in [5.41, 5.74) is 7.95. The Morgan fingerprint density at radius 3 is 2.32 bits per heavy atom. The van der Waals surface area contributed by atoms with Gasteiger partial charge in [-0.1, -0.05) is 67.1 Å². The normalized spacial score (nSPS) is 16.7. The first kappa shape index (κ1) is 40.9. The fourth-order valence-electron chi connectivity index (χ4n) is 8.50. The molecule has 2 N–H and O–H groups in total. The molecule has 14 heteroatoms. The lowest BCUT2D eigenvalue weighted by atomic mass is 10.00. The molecule has 3 aliphatic rings. The standard InChI is InChI=1S/C46H55N9O5/c1-34-44(45-47-40(36-12-5-2-6-13-36)32-42(55(45)49-34)52-24-20-51(21-25-52)28-29-56)37-14-8-11-35(30-37)10-4-3-7-18-50-22-26-53(27-23-50)43(58)33-60-39-16-9-15-38(31-39)54-19-17-41(57)48-46(54)59/h2,5-6,8-9,11-16,30-32,56H,3-4,7,10,17-29,33H2,1H3,(H,48,57,59). The first-order valence-electron chi connectivity index (χ1n) is 21.3. The highest BCUT2D eigenvalue weighted by atomic mass is 16.5. The maximum Gasteiger partial charge on any atom is 0.328 e. The van der Waals surface area contributed by atoms with E-state index in [1.165, 1.54) is 10.5 Å². The van der Waals surface area contributed by atoms with Crippen molar-refractivity contribution in [3.8, 4) is 28.1 Å². The van der Waals surface area contributed by atoms with E-state index in [9.17, 15) is 19.5 Å². The van der Waals surface area contributed by atoms with Gasteiger partial charge in [0.15, 0.2) is 12.3 Å². The second-order valence-corrected chi connectivity index (χ2v) is 15.9. The van der Waals surface area contributed by atoms with Crippen molar-refractivity contribution in [3.63, 3.8) is 0 Å². The van der Waals surface area contributed by atoms with E-state index in [0.717, 1.165) is 111 Å². The zero-order chi connectivity index (χ0) is 41.4. The van der Waals surface area contributed by atoms with Crippen molar-refractivity contribution < 1.29 is 24.2 Å². The van der Waals surface area contributed by atoms with Crippen LogP contribution < -0.4 is 19.9 Å². The van der Waals surface area contributed by atoms with Crippen LogP contribution in [0.5, 0.6) is 5.75 Å². The lowest BCUT2D eigenvalue weighted by Crippen LogP contribution is -2.50. The molecule has 0 radical (unpaired) electrons. The van der Waals surface area contributed by atoms with Gasteiger partial charge < -0.3 is 19.6 Å². The molecule has 0 unspecified atom stereocenters. The van der Waals surface area contributed by atoms with Crippen molar-refractivity contribution >= 4 is 35.0 Å². The quantitative estimate of drug-likeness (QED) is 0.141. The number of nitrogens with zero attached hydrogens (tertiary/aromatic N) is 8. The Bertz CT molecular complexity index is 2280. The molecule has 314 valence electrons. The highest BCUT2D eigenvalue weighted by Crippen LogP contribution is 2.34. The Morgan fingerprint density at radius 1 is 0.783 bits per heavy atom. The number of aliphatic hydroxyl groups excluding tert-OH is 1. The SMILES string of the molecule is Cc1nn2c(N3CCN(CCO)CC3)cc(-c3ccccc3)nc2c1-c1cccc(CCCCCN2CCN(C(=O)COc3cccc(N4CCC(=O)NC4=O)c3)CC2)c1. The van der Waals surface area contributed by atoms with Gasteiger partial charge in [-0.25, -0.2) is 9.78 Å². The highest BCUT2D eigenvalue weighted by Gasteiger charge is 2.26. The molecular weight excluding hydrogens is 759 g/mol. The van der Waals surface area contributed by atoms with Crippen LogP contribution in [0, 0.1) is 6.92 Å². The van der Waals surface area contributed by atoms with Gasteiger partial charge in [-0.3, -0.25) is 29.6 Å². The second kappa shape index (κ2) is 19.0. The number of urea groups is 1. The van der Waals surface area contributed by atoms with E-state index in [0.29, 0.717) is 37.6 Å². The number of carbonyl (C=O) groups excluding carboxylic acids is 3. The summed E-state index contributed by atoms with van der Waals surface area (Å²) in [5.74, 6) is 1.21. The van der Waals surface area contributed by atoms with Crippen LogP contribution in [-0.4, -0.2) is 137 Å². The van der Waals surface area contributed by atoms with Gasteiger partial charge in [-0.2, -0.15) is 9.61 Å². The molecule has 5 aromatic rings. The number of imide groups is 1. The van der Waals surface area contributed by atoms with E-state index in [1.807, 2.05) is 15.5 Å². The van der Waals surface area contributed by atoms with E-state index in [4.69, 9.17) is 14.8 Å². The Hall–Kier alpha value is -5.83. The number of β-amino-alcohol motifs (C(OH)–C–C–N with tert-alkyl or cyclic N) is 1. The zero-order valence-electron chi connectivity index (χ0n) is 34.5. The van der Waals surface area contributed by atoms with E-state index in [-0.39, 0.29) is 31.4 Å². The first-order valence-corrected chi connectivity index (χ1v) is 21.3. The van der Waals surface area contributed by atoms with Gasteiger partial charge in [0, 0.05) is 101 Å². The van der Waals surface area contributed by atoms with E-state index in [2.05, 4.69) is 81.5 Å². The van der Waals surface area contributed by atoms with Crippen LogP contribution in [0.4, 0.5) is 16.3 Å². The predicted molar refractivity (Wildman–Crippen MR) is 232 cm³/mol. The molecular formula is C46H55N9O5. The van der Waals surface area contributed by atoms with Gasteiger partial charge in [0.25, 0.3) is 5.91 Å². The van der Waals surface area contributed by atoms with Crippen LogP contribution in [0.15, 0.2) is 84.9 Å². The largest absolute Gasteiger partial charge is 0.484 e. The number of hydrogen-bond donors (Lipinski definition) is 2. The van der Waals surface area contributed by atoms with Crippen LogP contribution in [0.2, 0.25) is 0 Å². The lowest BCUT2D eigenvalue weighted by Gasteiger charge is -2.35. The van der Waals surface area contributed by atoms with Crippen LogP contribution >= 0.6 is 0 Å². The number of hydrogen-bond acceptors (Lipinski definition) is 10. The molecule has 0 bridgehead atoms. The number of amides is 4. The number of ether oxygens (including phenoxy) is 1. The van der Waals surface area contributed by atoms with Gasteiger partial charge in [-0.15, -0.1) is 0 Å². The Kier molecular flexibility index (Phi) is 13.0. The molecule has 2 aromatic heterocycles. The van der Waals surface area contributed by atoms with Crippen molar-refractivity contribution in [2.24, 2.45) is 0 Å². The molecule has 3 aliphatic heterocycles. The number of carbonyl (C=O) groups is 3. The molecule has 3 fully saturated rings. The minimum atomic E-state index is -0.454. The van der Waals surface area contributed by atoms with Crippen LogP contribution in [0.25, 0.3) is 28.0 Å². The molecule has 3 saturated heterocycles. The fourth-order valence-corrected chi connectivity index (χ4v) is 8.50. The average Bonchev–Trinajstić information content (AvgIpc) is 3.61. The Morgan fingerprint density at radius 2 is 1.53 bits per heavy atom. The topological polar surface area (TPSA) is 139 Å². The molecule has 0 saturated carbocycles. The lowest BCUT2D eigenvalue weighted by molar-refractivity contribution is -0.135. The summed E-state index contributed by atoms with van der Waals surface area (Å²) < 4.78 is 7.86. The van der Waals surface area contributed by atoms with Crippen LogP contribution in [0.1, 0.15) is 36.9 Å². The van der Waals surface area contributed by atoms with Crippen molar-refractivity contribution in [3.05, 3.63) is 96.2 Å². The summed E-state index contributed by atoms with van der Waals surface area (Å²) in [7, 11) is 0. The molecule has 4 amide bonds. The third kappa shape index (κ3) is 9.62. The van der Waals surface area contributed by atoms with E-state index < -0.39 is 6.03 Å². The number of fused-ring (bicyclic) bond motifs is 1. The molecule has 5 heterocycles. The first-order chi connectivity index (χ1) is 29.3. The number of anilines is 2. The molecule has 0 atom stereocenters. The summed E-state index contributed by atoms with van der Waals surface area (Å²) in [5, 5.41) is 16.9. The van der Waals surface area contributed by atoms with Crippen LogP contribution in [0.3, 0.4) is 0 Å². The third-order valence-corrected chi connectivity index (χ3v) is 11.9. The second-order valence-electron chi connectivity index (χ2n) is 15.9. The number of aliphatic hydroxyl groups is 1. The van der Waals surface area contributed by atoms with E-state index in [1.54, 1.807) is 24.3 Å². The number of unbranched alkanes of at least 4 members (excludes halogenated alkanes) is 2. The molecule has 14 nitrogen and oxygen atoms in total. The summed E-state index contributed by atoms with van der Waals surface area (Å²) in [6.07, 6.45) is 4.56. The highest BCUT2D eigenvalue weighted by molar-refractivity contribution is 6.05. The summed E-state index contributed by atoms with van der Waals surface area (Å²) in [4.78, 5) is 52.5. The number of aryl methyl sites for hydroxylation is 2. The predicted octanol–water partition coefficient (Wildman–Crippen LogP) is 4.87. The summed E-state index contributed by atoms with van der Waals surface area (Å²) >= 11 is 0. The van der Waals surface area contributed by atoms with Gasteiger partial charge >= 0.3 is 6.03 Å². The molecule has 0 aliphatic carbocycles. The summed E-state index contributed by atoms with van der Waals surface area (Å²) in [6, 6.07) is 28.0. The van der Waals surface area contributed by atoms with E-state index >= 15 is 0 Å². The zero-order valence-corrected chi connectivity index (χ0v) is 34.5. The average molecular weight is 814 g/mol. The number of aromatic nitrogens is 3. The minimum absolute atomic E-state index is 0.0517. The maximum atomic E-state index is 13.0. The summed E-state index contributed by atoms with van der Waals surface area (Å²) in [6.45, 7) is 10.7. The van der Waals surface area contributed by atoms with Crippen molar-refractivity contribution in [2.75, 3.05) is 95.0 Å². The smallest absolute Gasteiger partial charge is 0.328 e. The van der Waals surface area contributed by atoms with Gasteiger partial charge in [-0.05, 0) is 56.0 Å². The molecule has 0 spiro atoms. The van der Waals surface area contributed by atoms with Crippen molar-refractivity contribution in [2.45, 2.75) is 39.0 Å². The number of nitrogens with one attached hydrogen (secondary N) is 1. The Labute approximate surface area is 351 Å². The molecule has 3 aromatic carbocycles. The Balaban J connectivity index is 0.823. The number of rotatable bonds is 15. The van der Waals surface area contributed by atoms with Gasteiger partial charge in [0.05, 0.1) is 18.0 Å². The number of benzene rings is 3. The third-order valence-electron chi connectivity index (χ3n) is 11.9. The minimum Gasteiger partial charge on any atom is -0.484 e. The molecule has 8 rings (SSSR count). The van der Waals surface area contributed by atoms with Gasteiger partial charge in [0.1, 0.15) is 11.6 Å². The van der Waals surface area contributed by atoms with Gasteiger partial charge in [0.2, 0.25) is 5.91 Å². The maximum absolute atomic E-state index is 13.0. The van der Waals surface area contributed by atoms with Crippen molar-refractivity contribution in [1.29, 1.82) is 0 Å². The molecule has 60 heavy (non-hydrogen) atoms. The monoisotopic (exact) mass is 813 g/mol. The fraction of sp³-hybridized carbons (Fsp3) is 0.413. The number of piperazine rings is 2. The van der Waals surface area contributed by atoms with Crippen molar-refractivity contribution in [1.82, 2.24) is 34.6 Å².